The van der Waals surface area contributed by atoms with Gasteiger partial charge in [0, 0.05) is 11.7 Å². The number of carbonyl (C=O) groups is 2. The van der Waals surface area contributed by atoms with Crippen LogP contribution in [0.5, 0.6) is 0 Å². The fourth-order valence-electron chi connectivity index (χ4n) is 2.07. The predicted octanol–water partition coefficient (Wildman–Crippen LogP) is 0.458. The van der Waals surface area contributed by atoms with Crippen LogP contribution in [0.2, 0.25) is 0 Å². The molecule has 2 N–H and O–H groups in total. The summed E-state index contributed by atoms with van der Waals surface area (Å²) in [6.07, 6.45) is -0.0401. The smallest absolute Gasteiger partial charge is 0.233 e. The van der Waals surface area contributed by atoms with Crippen LogP contribution in [0.4, 0.5) is 10.1 Å². The van der Waals surface area contributed by atoms with Gasteiger partial charge in [0.05, 0.1) is 11.5 Å². The van der Waals surface area contributed by atoms with Crippen LogP contribution < -0.4 is 10.6 Å². The van der Waals surface area contributed by atoms with Gasteiger partial charge in [-0.15, -0.1) is 0 Å². The minimum Gasteiger partial charge on any atom is -0.352 e. The summed E-state index contributed by atoms with van der Waals surface area (Å²) in [7, 11) is -3.07. The normalized spacial score (nSPS) is 20.0. The quantitative estimate of drug-likeness (QED) is 0.790. The summed E-state index contributed by atoms with van der Waals surface area (Å²) in [5, 5.41) is 4.98. The highest BCUT2D eigenvalue weighted by Crippen LogP contribution is 2.12. The number of carbonyl (C=O) groups excluding carboxylic acids is 2. The first-order chi connectivity index (χ1) is 9.84. The molecule has 1 fully saturated rings. The zero-order valence-electron chi connectivity index (χ0n) is 11.1. The van der Waals surface area contributed by atoms with E-state index in [-0.39, 0.29) is 11.5 Å². The van der Waals surface area contributed by atoms with Crippen molar-refractivity contribution in [2.75, 3.05) is 16.8 Å². The minimum atomic E-state index is -3.07. The van der Waals surface area contributed by atoms with E-state index in [0.717, 1.165) is 0 Å². The zero-order chi connectivity index (χ0) is 15.5. The lowest BCUT2D eigenvalue weighted by atomic mass is 10.2. The molecular weight excluding hydrogens is 299 g/mol. The van der Waals surface area contributed by atoms with Crippen molar-refractivity contribution in [3.8, 4) is 0 Å². The predicted molar refractivity (Wildman–Crippen MR) is 74.8 cm³/mol. The summed E-state index contributed by atoms with van der Waals surface area (Å²) in [5.41, 5.74) is 0.387. The summed E-state index contributed by atoms with van der Waals surface area (Å²) < 4.78 is 35.2. The first-order valence-corrected chi connectivity index (χ1v) is 8.21. The van der Waals surface area contributed by atoms with Crippen LogP contribution in [0.25, 0.3) is 0 Å². The largest absolute Gasteiger partial charge is 0.352 e. The number of hydrogen-bond donors (Lipinski definition) is 2. The van der Waals surface area contributed by atoms with Gasteiger partial charge < -0.3 is 10.6 Å². The van der Waals surface area contributed by atoms with E-state index in [0.29, 0.717) is 12.1 Å². The molecule has 1 heterocycles. The molecule has 1 aliphatic rings. The number of hydrogen-bond acceptors (Lipinski definition) is 4. The molecule has 1 unspecified atom stereocenters. The fraction of sp³-hybridized carbons (Fsp3) is 0.385. The number of halogens is 1. The lowest BCUT2D eigenvalue weighted by molar-refractivity contribution is -0.127. The van der Waals surface area contributed by atoms with Crippen molar-refractivity contribution in [2.24, 2.45) is 0 Å². The Morgan fingerprint density at radius 2 is 1.86 bits per heavy atom. The van der Waals surface area contributed by atoms with Crippen molar-refractivity contribution in [2.45, 2.75) is 18.9 Å². The molecule has 1 aliphatic heterocycles. The van der Waals surface area contributed by atoms with Crippen LogP contribution in [0.3, 0.4) is 0 Å². The average molecular weight is 314 g/mol. The number of benzene rings is 1. The van der Waals surface area contributed by atoms with Gasteiger partial charge in [-0.1, -0.05) is 0 Å². The van der Waals surface area contributed by atoms with Crippen molar-refractivity contribution in [1.82, 2.24) is 5.32 Å². The Bertz CT molecular complexity index is 643. The van der Waals surface area contributed by atoms with Crippen LogP contribution >= 0.6 is 0 Å². The maximum atomic E-state index is 12.7. The van der Waals surface area contributed by atoms with Crippen molar-refractivity contribution < 1.29 is 22.4 Å². The molecule has 1 aromatic carbocycles. The second-order valence-electron chi connectivity index (χ2n) is 4.90. The van der Waals surface area contributed by atoms with Gasteiger partial charge in [-0.3, -0.25) is 9.59 Å². The van der Waals surface area contributed by atoms with Gasteiger partial charge in [-0.05, 0) is 30.7 Å². The molecular formula is C13H15FN2O4S. The Balaban J connectivity index is 1.80. The van der Waals surface area contributed by atoms with Gasteiger partial charge in [0.25, 0.3) is 0 Å². The molecule has 0 saturated carbocycles. The Kier molecular flexibility index (Phi) is 4.56. The van der Waals surface area contributed by atoms with E-state index in [4.69, 9.17) is 0 Å². The highest BCUT2D eigenvalue weighted by atomic mass is 32.2. The Morgan fingerprint density at radius 3 is 2.43 bits per heavy atom. The van der Waals surface area contributed by atoms with Gasteiger partial charge in [-0.2, -0.15) is 0 Å². The molecule has 1 atom stereocenters. The Morgan fingerprint density at radius 1 is 1.19 bits per heavy atom. The van der Waals surface area contributed by atoms with E-state index in [1.807, 2.05) is 0 Å². The van der Waals surface area contributed by atoms with Crippen LogP contribution in [0.15, 0.2) is 24.3 Å². The SMILES string of the molecule is O=C(CC(=O)NC1CCS(=O)(=O)C1)Nc1ccc(F)cc1. The van der Waals surface area contributed by atoms with E-state index in [2.05, 4.69) is 10.6 Å². The summed E-state index contributed by atoms with van der Waals surface area (Å²) >= 11 is 0. The molecule has 0 spiro atoms. The van der Waals surface area contributed by atoms with Gasteiger partial charge in [0.15, 0.2) is 9.84 Å². The maximum Gasteiger partial charge on any atom is 0.233 e. The topological polar surface area (TPSA) is 92.3 Å². The standard InChI is InChI=1S/C13H15FN2O4S/c14-9-1-3-10(4-2-9)15-12(17)7-13(18)16-11-5-6-21(19,20)8-11/h1-4,11H,5-8H2,(H,15,17)(H,16,18). The summed E-state index contributed by atoms with van der Waals surface area (Å²) in [5.74, 6) is -1.53. The molecule has 0 aliphatic carbocycles. The molecule has 2 amide bonds. The second kappa shape index (κ2) is 6.21. The number of sulfone groups is 1. The first kappa shape index (κ1) is 15.4. The summed E-state index contributed by atoms with van der Waals surface area (Å²) in [6.45, 7) is 0. The second-order valence-corrected chi connectivity index (χ2v) is 7.13. The third-order valence-electron chi connectivity index (χ3n) is 3.05. The molecule has 114 valence electrons. The molecule has 1 aromatic rings. The third kappa shape index (κ3) is 4.82. The molecule has 21 heavy (non-hydrogen) atoms. The molecule has 0 bridgehead atoms. The monoisotopic (exact) mass is 314 g/mol. The maximum absolute atomic E-state index is 12.7. The van der Waals surface area contributed by atoms with Crippen molar-refractivity contribution in [3.63, 3.8) is 0 Å². The fourth-order valence-corrected chi connectivity index (χ4v) is 3.75. The van der Waals surface area contributed by atoms with Gasteiger partial charge in [0.1, 0.15) is 12.2 Å². The highest BCUT2D eigenvalue weighted by Gasteiger charge is 2.29. The summed E-state index contributed by atoms with van der Waals surface area (Å²) in [4.78, 5) is 23.3. The van der Waals surface area contributed by atoms with E-state index >= 15 is 0 Å². The highest BCUT2D eigenvalue weighted by molar-refractivity contribution is 7.91. The van der Waals surface area contributed by atoms with Gasteiger partial charge in [0.2, 0.25) is 11.8 Å². The van der Waals surface area contributed by atoms with Crippen LogP contribution in [-0.2, 0) is 19.4 Å². The lowest BCUT2D eigenvalue weighted by Crippen LogP contribution is -2.37. The zero-order valence-corrected chi connectivity index (χ0v) is 12.0. The Labute approximate surface area is 121 Å². The molecule has 2 rings (SSSR count). The van der Waals surface area contributed by atoms with Crippen LogP contribution in [0, 0.1) is 5.82 Å². The van der Waals surface area contributed by atoms with Crippen molar-refractivity contribution >= 4 is 27.3 Å². The van der Waals surface area contributed by atoms with Gasteiger partial charge >= 0.3 is 0 Å². The van der Waals surface area contributed by atoms with E-state index < -0.39 is 39.9 Å². The number of anilines is 1. The number of nitrogens with one attached hydrogen (secondary N) is 2. The molecule has 0 radical (unpaired) electrons. The number of amides is 2. The number of rotatable bonds is 4. The molecule has 1 saturated heterocycles. The minimum absolute atomic E-state index is 0.0553. The molecule has 6 nitrogen and oxygen atoms in total. The van der Waals surface area contributed by atoms with Crippen LogP contribution in [0.1, 0.15) is 12.8 Å². The van der Waals surface area contributed by atoms with Crippen LogP contribution in [-0.4, -0.2) is 37.8 Å². The van der Waals surface area contributed by atoms with E-state index in [1.54, 1.807) is 0 Å². The van der Waals surface area contributed by atoms with Crippen molar-refractivity contribution in [1.29, 1.82) is 0 Å². The van der Waals surface area contributed by atoms with E-state index in [1.165, 1.54) is 24.3 Å². The Hall–Kier alpha value is -1.96. The third-order valence-corrected chi connectivity index (χ3v) is 4.81. The van der Waals surface area contributed by atoms with Gasteiger partial charge in [-0.25, -0.2) is 12.8 Å². The molecule has 0 aromatic heterocycles. The molecule has 8 heteroatoms. The first-order valence-electron chi connectivity index (χ1n) is 6.39. The van der Waals surface area contributed by atoms with E-state index in [9.17, 15) is 22.4 Å². The lowest BCUT2D eigenvalue weighted by Gasteiger charge is -2.10. The average Bonchev–Trinajstić information content (AvgIpc) is 2.71. The van der Waals surface area contributed by atoms with Crippen molar-refractivity contribution in [3.05, 3.63) is 30.1 Å². The summed E-state index contributed by atoms with van der Waals surface area (Å²) in [6, 6.07) is 4.72.